The van der Waals surface area contributed by atoms with E-state index in [9.17, 15) is 4.79 Å². The van der Waals surface area contributed by atoms with E-state index in [1.807, 2.05) is 26.0 Å². The van der Waals surface area contributed by atoms with E-state index in [1.54, 1.807) is 24.3 Å². The Hall–Kier alpha value is -2.24. The van der Waals surface area contributed by atoms with Crippen molar-refractivity contribution in [3.05, 3.63) is 74.6 Å². The van der Waals surface area contributed by atoms with Crippen molar-refractivity contribution < 1.29 is 4.42 Å². The average molecular weight is 373 g/mol. The Morgan fingerprint density at radius 3 is 2.64 bits per heavy atom. The molecule has 0 radical (unpaired) electrons. The van der Waals surface area contributed by atoms with Crippen molar-refractivity contribution in [3.63, 3.8) is 0 Å². The van der Waals surface area contributed by atoms with Gasteiger partial charge in [0.15, 0.2) is 5.17 Å². The maximum Gasteiger partial charge on any atom is 0.336 e. The highest BCUT2D eigenvalue weighted by atomic mass is 35.5. The highest BCUT2D eigenvalue weighted by Gasteiger charge is 2.10. The van der Waals surface area contributed by atoms with Crippen LogP contribution in [0.25, 0.3) is 11.0 Å². The van der Waals surface area contributed by atoms with E-state index in [-0.39, 0.29) is 5.63 Å². The van der Waals surface area contributed by atoms with Crippen LogP contribution in [0, 0.1) is 13.8 Å². The van der Waals surface area contributed by atoms with Gasteiger partial charge in [0, 0.05) is 22.2 Å². The van der Waals surface area contributed by atoms with Crippen LogP contribution in [0.1, 0.15) is 16.7 Å². The van der Waals surface area contributed by atoms with Gasteiger partial charge in [0.1, 0.15) is 5.58 Å². The Morgan fingerprint density at radius 2 is 1.92 bits per heavy atom. The molecule has 128 valence electrons. The fourth-order valence-corrected chi connectivity index (χ4v) is 3.31. The van der Waals surface area contributed by atoms with Gasteiger partial charge in [-0.05, 0) is 54.8 Å². The number of nitrogens with zero attached hydrogens (tertiary/aromatic N) is 1. The van der Waals surface area contributed by atoms with Crippen LogP contribution in [0.3, 0.4) is 0 Å². The minimum atomic E-state index is -0.356. The molecule has 3 aromatic rings. The summed E-state index contributed by atoms with van der Waals surface area (Å²) in [4.78, 5) is 16.2. The van der Waals surface area contributed by atoms with Crippen LogP contribution in [0.5, 0.6) is 0 Å². The number of hydrogen-bond donors (Lipinski definition) is 1. The predicted octanol–water partition coefficient (Wildman–Crippen LogP) is 4.94. The summed E-state index contributed by atoms with van der Waals surface area (Å²) in [5, 5.41) is 2.00. The normalized spacial score (nSPS) is 11.9. The number of rotatable bonds is 3. The maximum absolute atomic E-state index is 11.9. The molecule has 0 saturated carbocycles. The third kappa shape index (κ3) is 4.06. The first-order valence-corrected chi connectivity index (χ1v) is 9.06. The van der Waals surface area contributed by atoms with Gasteiger partial charge in [0.25, 0.3) is 0 Å². The number of halogens is 1. The number of aryl methyl sites for hydroxylation is 2. The van der Waals surface area contributed by atoms with Gasteiger partial charge >= 0.3 is 5.63 Å². The summed E-state index contributed by atoms with van der Waals surface area (Å²) in [7, 11) is 0. The Kier molecular flexibility index (Phi) is 5.16. The quantitative estimate of drug-likeness (QED) is 0.401. The van der Waals surface area contributed by atoms with E-state index < -0.39 is 0 Å². The van der Waals surface area contributed by atoms with Crippen molar-refractivity contribution in [2.24, 2.45) is 10.7 Å². The van der Waals surface area contributed by atoms with Crippen molar-refractivity contribution in [2.75, 3.05) is 0 Å². The first-order valence-electron chi connectivity index (χ1n) is 7.69. The molecule has 0 fully saturated rings. The summed E-state index contributed by atoms with van der Waals surface area (Å²) in [5.41, 5.74) is 9.97. The number of fused-ring (bicyclic) bond motifs is 1. The second kappa shape index (κ2) is 7.33. The molecule has 0 aliphatic rings. The van der Waals surface area contributed by atoms with Crippen LogP contribution < -0.4 is 11.4 Å². The number of thioether (sulfide) groups is 1. The fraction of sp³-hybridized carbons (Fsp3) is 0.158. The predicted molar refractivity (Wildman–Crippen MR) is 106 cm³/mol. The summed E-state index contributed by atoms with van der Waals surface area (Å²) >= 11 is 7.24. The summed E-state index contributed by atoms with van der Waals surface area (Å²) in [6.07, 6.45) is 0. The van der Waals surface area contributed by atoms with E-state index in [2.05, 4.69) is 4.99 Å². The number of amidine groups is 1. The second-order valence-electron chi connectivity index (χ2n) is 5.69. The molecule has 0 aliphatic heterocycles. The van der Waals surface area contributed by atoms with Crippen LogP contribution in [0.15, 0.2) is 56.7 Å². The Morgan fingerprint density at radius 1 is 1.20 bits per heavy atom. The highest BCUT2D eigenvalue weighted by molar-refractivity contribution is 8.13. The minimum absolute atomic E-state index is 0.356. The van der Waals surface area contributed by atoms with E-state index in [1.165, 1.54) is 17.8 Å². The number of nitrogens with two attached hydrogens (primary N) is 1. The van der Waals surface area contributed by atoms with Crippen LogP contribution in [-0.2, 0) is 5.75 Å². The van der Waals surface area contributed by atoms with Crippen LogP contribution in [0.4, 0.5) is 5.69 Å². The number of benzene rings is 2. The summed E-state index contributed by atoms with van der Waals surface area (Å²) < 4.78 is 5.39. The van der Waals surface area contributed by atoms with Crippen LogP contribution in [-0.4, -0.2) is 5.17 Å². The van der Waals surface area contributed by atoms with Crippen molar-refractivity contribution in [3.8, 4) is 0 Å². The molecule has 1 aromatic heterocycles. The second-order valence-corrected chi connectivity index (χ2v) is 7.12. The van der Waals surface area contributed by atoms with Crippen molar-refractivity contribution in [2.45, 2.75) is 19.6 Å². The van der Waals surface area contributed by atoms with Crippen molar-refractivity contribution in [1.82, 2.24) is 0 Å². The molecule has 0 amide bonds. The lowest BCUT2D eigenvalue weighted by Crippen LogP contribution is -2.07. The van der Waals surface area contributed by atoms with Gasteiger partial charge in [0.05, 0.1) is 5.69 Å². The third-order valence-corrected chi connectivity index (χ3v) is 5.05. The van der Waals surface area contributed by atoms with E-state index in [0.717, 1.165) is 27.8 Å². The standard InChI is InChI=1S/C19H17ClN2O2S/c1-11-3-8-16-13(9-17(23)24-18(16)12(11)2)10-25-19(21)22-15-6-4-14(20)5-7-15/h3-9H,10H2,1-2H3,(H2,21,22). The molecule has 0 saturated heterocycles. The minimum Gasteiger partial charge on any atom is -0.422 e. The zero-order chi connectivity index (χ0) is 18.0. The SMILES string of the molecule is Cc1ccc2c(CSC(N)=Nc3ccc(Cl)cc3)cc(=O)oc2c1C. The number of hydrogen-bond acceptors (Lipinski definition) is 4. The van der Waals surface area contributed by atoms with Gasteiger partial charge < -0.3 is 10.2 Å². The third-order valence-electron chi connectivity index (χ3n) is 3.96. The molecule has 1 heterocycles. The van der Waals surface area contributed by atoms with E-state index >= 15 is 0 Å². The summed E-state index contributed by atoms with van der Waals surface area (Å²) in [5.74, 6) is 0.535. The van der Waals surface area contributed by atoms with Gasteiger partial charge in [-0.15, -0.1) is 0 Å². The summed E-state index contributed by atoms with van der Waals surface area (Å²) in [6.45, 7) is 3.95. The number of aliphatic imine (C=N–C) groups is 1. The molecule has 6 heteroatoms. The fourth-order valence-electron chi connectivity index (χ4n) is 2.47. The maximum atomic E-state index is 11.9. The van der Waals surface area contributed by atoms with Crippen molar-refractivity contribution >= 4 is 45.2 Å². The average Bonchev–Trinajstić information content (AvgIpc) is 2.58. The topological polar surface area (TPSA) is 68.6 Å². The zero-order valence-electron chi connectivity index (χ0n) is 13.9. The molecule has 0 bridgehead atoms. The molecular formula is C19H17ClN2O2S. The highest BCUT2D eigenvalue weighted by Crippen LogP contribution is 2.26. The van der Waals surface area contributed by atoms with Gasteiger partial charge in [-0.1, -0.05) is 35.5 Å². The summed E-state index contributed by atoms with van der Waals surface area (Å²) in [6, 6.07) is 12.6. The van der Waals surface area contributed by atoms with Crippen LogP contribution >= 0.6 is 23.4 Å². The van der Waals surface area contributed by atoms with Crippen molar-refractivity contribution in [1.29, 1.82) is 0 Å². The molecule has 0 aliphatic carbocycles. The molecule has 0 atom stereocenters. The van der Waals surface area contributed by atoms with E-state index in [4.69, 9.17) is 21.8 Å². The smallest absolute Gasteiger partial charge is 0.336 e. The zero-order valence-corrected chi connectivity index (χ0v) is 15.4. The first kappa shape index (κ1) is 17.6. The Bertz CT molecular complexity index is 1010. The molecule has 2 aromatic carbocycles. The van der Waals surface area contributed by atoms with Crippen LogP contribution in [0.2, 0.25) is 5.02 Å². The van der Waals surface area contributed by atoms with Gasteiger partial charge in [-0.25, -0.2) is 9.79 Å². The molecule has 0 unspecified atom stereocenters. The molecular weight excluding hydrogens is 356 g/mol. The molecule has 4 nitrogen and oxygen atoms in total. The molecule has 0 spiro atoms. The van der Waals surface area contributed by atoms with Gasteiger partial charge in [0.2, 0.25) is 0 Å². The molecule has 25 heavy (non-hydrogen) atoms. The van der Waals surface area contributed by atoms with Gasteiger partial charge in [-0.3, -0.25) is 0 Å². The lowest BCUT2D eigenvalue weighted by atomic mass is 10.0. The monoisotopic (exact) mass is 372 g/mol. The lowest BCUT2D eigenvalue weighted by Gasteiger charge is -2.08. The molecule has 2 N–H and O–H groups in total. The van der Waals surface area contributed by atoms with E-state index in [0.29, 0.717) is 21.5 Å². The lowest BCUT2D eigenvalue weighted by molar-refractivity contribution is 0.557. The first-order chi connectivity index (χ1) is 11.9. The largest absolute Gasteiger partial charge is 0.422 e. The molecule has 3 rings (SSSR count). The Balaban J connectivity index is 1.87. The van der Waals surface area contributed by atoms with Gasteiger partial charge in [-0.2, -0.15) is 0 Å². The Labute approximate surface area is 154 Å².